The van der Waals surface area contributed by atoms with Crippen LogP contribution in [0.25, 0.3) is 0 Å². The fraction of sp³-hybridized carbons (Fsp3) is 0.0769. The van der Waals surface area contributed by atoms with Crippen LogP contribution in [0.5, 0.6) is 0 Å². The van der Waals surface area contributed by atoms with E-state index in [-0.39, 0.29) is 26.7 Å². The number of carboxylic acids is 1. The highest BCUT2D eigenvalue weighted by Crippen LogP contribution is 2.35. The predicted molar refractivity (Wildman–Crippen MR) is 73.1 cm³/mol. The normalized spacial score (nSPS) is 10.4. The minimum absolute atomic E-state index is 0.0222. The molecular weight excluding hydrogens is 299 g/mol. The Morgan fingerprint density at radius 3 is 2.76 bits per heavy atom. The van der Waals surface area contributed by atoms with Crippen LogP contribution < -0.4 is 0 Å². The van der Waals surface area contributed by atoms with Crippen LogP contribution in [0.15, 0.2) is 40.4 Å². The van der Waals surface area contributed by atoms with Gasteiger partial charge in [-0.3, -0.25) is 10.1 Å². The van der Waals surface area contributed by atoms with E-state index in [1.54, 1.807) is 0 Å². The van der Waals surface area contributed by atoms with Gasteiger partial charge < -0.3 is 5.11 Å². The number of halogens is 1. The first-order chi connectivity index (χ1) is 9.88. The Bertz CT molecular complexity index is 736. The van der Waals surface area contributed by atoms with E-state index >= 15 is 0 Å². The lowest BCUT2D eigenvalue weighted by Gasteiger charge is -2.05. The maximum absolute atomic E-state index is 13.4. The number of hydrogen-bond donors (Lipinski definition) is 1. The minimum Gasteiger partial charge on any atom is -0.478 e. The van der Waals surface area contributed by atoms with Crippen LogP contribution in [-0.4, -0.2) is 21.0 Å². The van der Waals surface area contributed by atoms with Crippen molar-refractivity contribution in [1.29, 1.82) is 0 Å². The first kappa shape index (κ1) is 14.9. The maximum atomic E-state index is 13.4. The van der Waals surface area contributed by atoms with Crippen molar-refractivity contribution in [3.8, 4) is 0 Å². The van der Waals surface area contributed by atoms with E-state index in [2.05, 4.69) is 4.98 Å². The van der Waals surface area contributed by atoms with E-state index in [1.807, 2.05) is 0 Å². The highest BCUT2D eigenvalue weighted by Gasteiger charge is 2.19. The van der Waals surface area contributed by atoms with Crippen molar-refractivity contribution in [3.63, 3.8) is 0 Å². The SMILES string of the molecule is Cc1cc(Sc2cc(C(=O)O)ccn2)c([N+](=O)[O-])cc1F. The van der Waals surface area contributed by atoms with Gasteiger partial charge in [0.05, 0.1) is 21.4 Å². The summed E-state index contributed by atoms with van der Waals surface area (Å²) >= 11 is 0.914. The topological polar surface area (TPSA) is 93.3 Å². The summed E-state index contributed by atoms with van der Waals surface area (Å²) in [5.74, 6) is -1.79. The highest BCUT2D eigenvalue weighted by molar-refractivity contribution is 7.99. The molecular formula is C13H9FN2O4S. The molecule has 0 saturated heterocycles. The van der Waals surface area contributed by atoms with Crippen molar-refractivity contribution in [2.45, 2.75) is 16.8 Å². The van der Waals surface area contributed by atoms with Crippen molar-refractivity contribution in [2.24, 2.45) is 0 Å². The summed E-state index contributed by atoms with van der Waals surface area (Å²) in [6.45, 7) is 1.49. The smallest absolute Gasteiger partial charge is 0.335 e. The van der Waals surface area contributed by atoms with Gasteiger partial charge in [-0.2, -0.15) is 0 Å². The summed E-state index contributed by atoms with van der Waals surface area (Å²) < 4.78 is 13.4. The molecule has 2 rings (SSSR count). The number of carboxylic acid groups (broad SMARTS) is 1. The van der Waals surface area contributed by atoms with E-state index in [0.29, 0.717) is 0 Å². The molecule has 0 fully saturated rings. The second-order valence-corrected chi connectivity index (χ2v) is 5.18. The number of aryl methyl sites for hydroxylation is 1. The van der Waals surface area contributed by atoms with Crippen LogP contribution in [0.2, 0.25) is 0 Å². The van der Waals surface area contributed by atoms with Gasteiger partial charge in [0.1, 0.15) is 10.8 Å². The van der Waals surface area contributed by atoms with Crippen molar-refractivity contribution in [3.05, 3.63) is 57.5 Å². The number of nitro groups is 1. The fourth-order valence-electron chi connectivity index (χ4n) is 1.58. The lowest BCUT2D eigenvalue weighted by Crippen LogP contribution is -1.98. The minimum atomic E-state index is -1.12. The quantitative estimate of drug-likeness (QED) is 0.688. The molecule has 0 spiro atoms. The molecule has 0 atom stereocenters. The lowest BCUT2D eigenvalue weighted by molar-refractivity contribution is -0.387. The molecule has 0 unspecified atom stereocenters. The number of hydrogen-bond acceptors (Lipinski definition) is 5. The molecule has 0 amide bonds. The average Bonchev–Trinajstić information content (AvgIpc) is 2.42. The Morgan fingerprint density at radius 2 is 2.14 bits per heavy atom. The van der Waals surface area contributed by atoms with Crippen molar-refractivity contribution in [2.75, 3.05) is 0 Å². The number of pyridine rings is 1. The molecule has 1 heterocycles. The third-order valence-corrected chi connectivity index (χ3v) is 3.61. The molecule has 0 radical (unpaired) electrons. The van der Waals surface area contributed by atoms with Crippen molar-refractivity contribution >= 4 is 23.4 Å². The van der Waals surface area contributed by atoms with E-state index in [0.717, 1.165) is 17.8 Å². The monoisotopic (exact) mass is 308 g/mol. The van der Waals surface area contributed by atoms with Gasteiger partial charge in [0, 0.05) is 6.20 Å². The number of nitrogens with zero attached hydrogens (tertiary/aromatic N) is 2. The van der Waals surface area contributed by atoms with Crippen LogP contribution in [0.4, 0.5) is 10.1 Å². The molecule has 0 aliphatic rings. The van der Waals surface area contributed by atoms with Gasteiger partial charge in [-0.15, -0.1) is 0 Å². The molecule has 1 aromatic carbocycles. The zero-order valence-corrected chi connectivity index (χ0v) is 11.6. The van der Waals surface area contributed by atoms with Gasteiger partial charge in [0.2, 0.25) is 0 Å². The summed E-state index contributed by atoms with van der Waals surface area (Å²) in [4.78, 5) is 25.3. The Hall–Kier alpha value is -2.48. The predicted octanol–water partition coefficient (Wildman–Crippen LogP) is 3.29. The molecule has 108 valence electrons. The summed E-state index contributed by atoms with van der Waals surface area (Å²) in [5, 5.41) is 20.1. The van der Waals surface area contributed by atoms with Gasteiger partial charge >= 0.3 is 5.97 Å². The van der Waals surface area contributed by atoms with Gasteiger partial charge in [-0.25, -0.2) is 14.2 Å². The van der Waals surface area contributed by atoms with E-state index in [4.69, 9.17) is 5.11 Å². The zero-order valence-electron chi connectivity index (χ0n) is 10.7. The third kappa shape index (κ3) is 3.34. The van der Waals surface area contributed by atoms with E-state index < -0.39 is 16.7 Å². The van der Waals surface area contributed by atoms with Gasteiger partial charge in [0.25, 0.3) is 5.69 Å². The summed E-state index contributed by atoms with van der Waals surface area (Å²) in [5.41, 5.74) is -0.0999. The lowest BCUT2D eigenvalue weighted by atomic mass is 10.2. The summed E-state index contributed by atoms with van der Waals surface area (Å²) in [6.07, 6.45) is 1.30. The molecule has 2 aromatic rings. The number of aromatic nitrogens is 1. The zero-order chi connectivity index (χ0) is 15.6. The average molecular weight is 308 g/mol. The van der Waals surface area contributed by atoms with Crippen LogP contribution in [0, 0.1) is 22.9 Å². The molecule has 1 N–H and O–H groups in total. The second-order valence-electron chi connectivity index (χ2n) is 4.12. The van der Waals surface area contributed by atoms with Gasteiger partial charge in [-0.1, -0.05) is 11.8 Å². The Morgan fingerprint density at radius 1 is 1.43 bits per heavy atom. The summed E-state index contributed by atoms with van der Waals surface area (Å²) in [6, 6.07) is 4.80. The first-order valence-electron chi connectivity index (χ1n) is 5.70. The number of nitro benzene ring substituents is 1. The fourth-order valence-corrected chi connectivity index (χ4v) is 2.58. The number of benzene rings is 1. The van der Waals surface area contributed by atoms with Crippen LogP contribution >= 0.6 is 11.8 Å². The molecule has 21 heavy (non-hydrogen) atoms. The molecule has 0 saturated carbocycles. The van der Waals surface area contributed by atoms with Gasteiger partial charge in [0.15, 0.2) is 0 Å². The molecule has 0 bridgehead atoms. The van der Waals surface area contributed by atoms with E-state index in [1.165, 1.54) is 31.3 Å². The summed E-state index contributed by atoms with van der Waals surface area (Å²) in [7, 11) is 0. The standard InChI is InChI=1S/C13H9FN2O4S/c1-7-4-11(10(16(19)20)6-9(7)14)21-12-5-8(13(17)18)2-3-15-12/h2-6H,1H3,(H,17,18). The van der Waals surface area contributed by atoms with Crippen molar-refractivity contribution < 1.29 is 19.2 Å². The third-order valence-electron chi connectivity index (χ3n) is 2.63. The van der Waals surface area contributed by atoms with Crippen LogP contribution in [0.3, 0.4) is 0 Å². The van der Waals surface area contributed by atoms with Gasteiger partial charge in [-0.05, 0) is 30.7 Å². The number of carbonyl (C=O) groups is 1. The Kier molecular flexibility index (Phi) is 4.18. The molecule has 6 nitrogen and oxygen atoms in total. The largest absolute Gasteiger partial charge is 0.478 e. The molecule has 0 aliphatic heterocycles. The maximum Gasteiger partial charge on any atom is 0.335 e. The molecule has 8 heteroatoms. The van der Waals surface area contributed by atoms with Crippen LogP contribution in [-0.2, 0) is 0 Å². The Labute approximate surface area is 122 Å². The second kappa shape index (κ2) is 5.88. The highest BCUT2D eigenvalue weighted by atomic mass is 32.2. The first-order valence-corrected chi connectivity index (χ1v) is 6.52. The van der Waals surface area contributed by atoms with Crippen LogP contribution in [0.1, 0.15) is 15.9 Å². The van der Waals surface area contributed by atoms with Crippen molar-refractivity contribution in [1.82, 2.24) is 4.98 Å². The van der Waals surface area contributed by atoms with E-state index in [9.17, 15) is 19.3 Å². The number of aromatic carboxylic acids is 1. The Balaban J connectivity index is 2.43. The number of rotatable bonds is 4. The molecule has 0 aliphatic carbocycles. The molecule has 1 aromatic heterocycles.